The summed E-state index contributed by atoms with van der Waals surface area (Å²) in [5.74, 6) is 0.849. The van der Waals surface area contributed by atoms with Crippen LogP contribution >= 0.6 is 11.8 Å². The standard InChI is InChI=1S/C15H25NO2S2/c1-5-16-13(4)14-7-6-8-15(11-14)19-9-10-20(17,18)12(2)3/h6-8,11-13,16H,5,9-10H2,1-4H3. The van der Waals surface area contributed by atoms with Gasteiger partial charge in [0.25, 0.3) is 0 Å². The van der Waals surface area contributed by atoms with Gasteiger partial charge in [-0.15, -0.1) is 11.8 Å². The zero-order valence-electron chi connectivity index (χ0n) is 12.7. The molecule has 0 radical (unpaired) electrons. The van der Waals surface area contributed by atoms with Crippen molar-refractivity contribution in [2.45, 2.75) is 43.9 Å². The molecule has 0 aliphatic rings. The van der Waals surface area contributed by atoms with Crippen molar-refractivity contribution in [1.82, 2.24) is 5.32 Å². The van der Waals surface area contributed by atoms with Crippen molar-refractivity contribution in [2.75, 3.05) is 18.1 Å². The van der Waals surface area contributed by atoms with E-state index in [4.69, 9.17) is 0 Å². The second-order valence-corrected chi connectivity index (χ2v) is 8.96. The maximum Gasteiger partial charge on any atom is 0.153 e. The quantitative estimate of drug-likeness (QED) is 0.748. The molecule has 0 aliphatic carbocycles. The number of sulfone groups is 1. The molecule has 0 fully saturated rings. The van der Waals surface area contributed by atoms with Crippen LogP contribution in [0.2, 0.25) is 0 Å². The first-order valence-corrected chi connectivity index (χ1v) is 9.74. The highest BCUT2D eigenvalue weighted by Crippen LogP contribution is 2.23. The molecule has 1 unspecified atom stereocenters. The van der Waals surface area contributed by atoms with E-state index in [1.807, 2.05) is 12.1 Å². The number of rotatable bonds is 8. The Morgan fingerprint density at radius 3 is 2.55 bits per heavy atom. The number of hydrogen-bond donors (Lipinski definition) is 1. The second kappa shape index (κ2) is 8.05. The van der Waals surface area contributed by atoms with Gasteiger partial charge in [0.1, 0.15) is 0 Å². The lowest BCUT2D eigenvalue weighted by Crippen LogP contribution is -2.19. The molecular formula is C15H25NO2S2. The zero-order chi connectivity index (χ0) is 15.2. The maximum absolute atomic E-state index is 11.8. The predicted octanol–water partition coefficient (Wildman–Crippen LogP) is 3.27. The highest BCUT2D eigenvalue weighted by molar-refractivity contribution is 8.00. The van der Waals surface area contributed by atoms with Crippen LogP contribution in [0.5, 0.6) is 0 Å². The summed E-state index contributed by atoms with van der Waals surface area (Å²) >= 11 is 1.61. The fraction of sp³-hybridized carbons (Fsp3) is 0.600. The van der Waals surface area contributed by atoms with Crippen LogP contribution in [0.15, 0.2) is 29.2 Å². The number of benzene rings is 1. The fourth-order valence-corrected chi connectivity index (χ4v) is 4.17. The molecule has 0 aliphatic heterocycles. The van der Waals surface area contributed by atoms with Crippen molar-refractivity contribution in [3.05, 3.63) is 29.8 Å². The van der Waals surface area contributed by atoms with Gasteiger partial charge in [0.15, 0.2) is 9.84 Å². The zero-order valence-corrected chi connectivity index (χ0v) is 14.4. The highest BCUT2D eigenvalue weighted by atomic mass is 32.2. The van der Waals surface area contributed by atoms with Crippen LogP contribution < -0.4 is 5.32 Å². The largest absolute Gasteiger partial charge is 0.310 e. The van der Waals surface area contributed by atoms with Crippen molar-refractivity contribution < 1.29 is 8.42 Å². The molecule has 114 valence electrons. The van der Waals surface area contributed by atoms with E-state index in [0.717, 1.165) is 11.4 Å². The third-order valence-electron chi connectivity index (χ3n) is 3.22. The summed E-state index contributed by atoms with van der Waals surface area (Å²) in [6, 6.07) is 8.62. The van der Waals surface area contributed by atoms with Gasteiger partial charge in [-0.3, -0.25) is 0 Å². The van der Waals surface area contributed by atoms with Crippen LogP contribution in [-0.2, 0) is 9.84 Å². The molecule has 0 amide bonds. The van der Waals surface area contributed by atoms with E-state index in [9.17, 15) is 8.42 Å². The van der Waals surface area contributed by atoms with Crippen molar-refractivity contribution >= 4 is 21.6 Å². The molecule has 0 bridgehead atoms. The summed E-state index contributed by atoms with van der Waals surface area (Å²) < 4.78 is 23.5. The van der Waals surface area contributed by atoms with Crippen molar-refractivity contribution in [2.24, 2.45) is 0 Å². The van der Waals surface area contributed by atoms with Gasteiger partial charge in [0.2, 0.25) is 0 Å². The molecule has 1 aromatic carbocycles. The van der Waals surface area contributed by atoms with E-state index in [-0.39, 0.29) is 11.0 Å². The fourth-order valence-electron chi connectivity index (χ4n) is 1.81. The minimum absolute atomic E-state index is 0.238. The summed E-state index contributed by atoms with van der Waals surface area (Å²) in [4.78, 5) is 1.13. The second-order valence-electron chi connectivity index (χ2n) is 5.12. The van der Waals surface area contributed by atoms with Gasteiger partial charge in [-0.05, 0) is 45.0 Å². The van der Waals surface area contributed by atoms with Crippen LogP contribution in [0, 0.1) is 0 Å². The van der Waals surface area contributed by atoms with Crippen molar-refractivity contribution in [1.29, 1.82) is 0 Å². The van der Waals surface area contributed by atoms with Crippen LogP contribution in [0.4, 0.5) is 0 Å². The summed E-state index contributed by atoms with van der Waals surface area (Å²) in [7, 11) is -2.94. The Bertz CT molecular complexity index is 512. The van der Waals surface area contributed by atoms with Gasteiger partial charge >= 0.3 is 0 Å². The Hall–Kier alpha value is -0.520. The van der Waals surface area contributed by atoms with E-state index < -0.39 is 9.84 Å². The highest BCUT2D eigenvalue weighted by Gasteiger charge is 2.15. The van der Waals surface area contributed by atoms with Crippen molar-refractivity contribution in [3.63, 3.8) is 0 Å². The molecule has 1 aromatic rings. The Morgan fingerprint density at radius 1 is 1.25 bits per heavy atom. The SMILES string of the molecule is CCNC(C)c1cccc(SCCS(=O)(=O)C(C)C)c1. The molecule has 20 heavy (non-hydrogen) atoms. The van der Waals surface area contributed by atoms with Gasteiger partial charge in [0, 0.05) is 16.7 Å². The average molecular weight is 316 g/mol. The molecule has 1 rings (SSSR count). The van der Waals surface area contributed by atoms with Crippen molar-refractivity contribution in [3.8, 4) is 0 Å². The first-order chi connectivity index (χ1) is 9.36. The van der Waals surface area contributed by atoms with Crippen LogP contribution in [0.1, 0.15) is 39.3 Å². The first kappa shape index (κ1) is 17.5. The van der Waals surface area contributed by atoms with Gasteiger partial charge in [-0.1, -0.05) is 19.1 Å². The molecule has 0 aromatic heterocycles. The van der Waals surface area contributed by atoms with Gasteiger partial charge in [-0.25, -0.2) is 8.42 Å². The molecule has 0 saturated heterocycles. The lowest BCUT2D eigenvalue weighted by molar-refractivity contribution is 0.589. The minimum atomic E-state index is -2.94. The molecule has 1 atom stereocenters. The Kier molecular flexibility index (Phi) is 7.06. The van der Waals surface area contributed by atoms with E-state index in [1.54, 1.807) is 25.6 Å². The normalized spacial score (nSPS) is 13.7. The molecule has 3 nitrogen and oxygen atoms in total. The van der Waals surface area contributed by atoms with Crippen LogP contribution in [0.3, 0.4) is 0 Å². The van der Waals surface area contributed by atoms with Gasteiger partial charge in [0.05, 0.1) is 11.0 Å². The van der Waals surface area contributed by atoms with E-state index in [2.05, 4.69) is 31.3 Å². The summed E-state index contributed by atoms with van der Waals surface area (Å²) in [6.07, 6.45) is 0. The number of hydrogen-bond acceptors (Lipinski definition) is 4. The third-order valence-corrected chi connectivity index (χ3v) is 6.69. The Morgan fingerprint density at radius 2 is 1.95 bits per heavy atom. The summed E-state index contributed by atoms with van der Waals surface area (Å²) in [5.41, 5.74) is 1.24. The number of thioether (sulfide) groups is 1. The lowest BCUT2D eigenvalue weighted by Gasteiger charge is -2.14. The summed E-state index contributed by atoms with van der Waals surface area (Å²) in [5, 5.41) is 3.09. The predicted molar refractivity (Wildman–Crippen MR) is 88.2 cm³/mol. The Labute approximate surface area is 127 Å². The molecule has 5 heteroatoms. The summed E-state index contributed by atoms with van der Waals surface area (Å²) in [6.45, 7) is 8.63. The minimum Gasteiger partial charge on any atom is -0.310 e. The molecule has 0 spiro atoms. The monoisotopic (exact) mass is 315 g/mol. The Balaban J connectivity index is 2.59. The average Bonchev–Trinajstić information content (AvgIpc) is 2.39. The lowest BCUT2D eigenvalue weighted by atomic mass is 10.1. The topological polar surface area (TPSA) is 46.2 Å². The van der Waals surface area contributed by atoms with E-state index in [1.165, 1.54) is 5.56 Å². The van der Waals surface area contributed by atoms with Gasteiger partial charge in [-0.2, -0.15) is 0 Å². The number of nitrogens with one attached hydrogen (secondary N) is 1. The molecule has 0 saturated carbocycles. The van der Waals surface area contributed by atoms with Gasteiger partial charge < -0.3 is 5.32 Å². The molecule has 0 heterocycles. The smallest absolute Gasteiger partial charge is 0.153 e. The maximum atomic E-state index is 11.8. The van der Waals surface area contributed by atoms with E-state index >= 15 is 0 Å². The molecular weight excluding hydrogens is 290 g/mol. The third kappa shape index (κ3) is 5.46. The first-order valence-electron chi connectivity index (χ1n) is 7.04. The van der Waals surface area contributed by atoms with Crippen LogP contribution in [-0.4, -0.2) is 31.7 Å². The molecule has 1 N–H and O–H groups in total. The van der Waals surface area contributed by atoms with Crippen LogP contribution in [0.25, 0.3) is 0 Å². The van der Waals surface area contributed by atoms with E-state index in [0.29, 0.717) is 11.8 Å².